The van der Waals surface area contributed by atoms with Gasteiger partial charge in [0.2, 0.25) is 0 Å². The van der Waals surface area contributed by atoms with Crippen LogP contribution in [-0.4, -0.2) is 31.2 Å². The van der Waals surface area contributed by atoms with Crippen molar-refractivity contribution in [1.82, 2.24) is 5.32 Å². The first-order chi connectivity index (χ1) is 5.25. The van der Waals surface area contributed by atoms with Gasteiger partial charge in [-0.2, -0.15) is 0 Å². The molecule has 0 aromatic rings. The molecule has 1 aliphatic rings. The number of ether oxygens (including phenoxy) is 1. The van der Waals surface area contributed by atoms with E-state index in [4.69, 9.17) is 10.5 Å². The molecule has 0 amide bonds. The molecule has 5 heteroatoms. The van der Waals surface area contributed by atoms with Crippen LogP contribution >= 0.6 is 12.4 Å². The molecule has 1 fully saturated rings. The summed E-state index contributed by atoms with van der Waals surface area (Å²) in [6.07, 6.45) is 0.851. The van der Waals surface area contributed by atoms with Gasteiger partial charge < -0.3 is 15.8 Å². The fourth-order valence-electron chi connectivity index (χ4n) is 1.21. The second kappa shape index (κ2) is 5.35. The molecule has 72 valence electrons. The third kappa shape index (κ3) is 2.62. The Morgan fingerprint density at radius 1 is 1.75 bits per heavy atom. The van der Waals surface area contributed by atoms with E-state index in [0.29, 0.717) is 6.61 Å². The monoisotopic (exact) mass is 194 g/mol. The molecule has 0 aromatic heterocycles. The molecule has 0 saturated carbocycles. The third-order valence-electron chi connectivity index (χ3n) is 1.81. The molecule has 0 aliphatic carbocycles. The van der Waals surface area contributed by atoms with Crippen LogP contribution < -0.4 is 11.1 Å². The van der Waals surface area contributed by atoms with E-state index in [-0.39, 0.29) is 30.5 Å². The summed E-state index contributed by atoms with van der Waals surface area (Å²) in [4.78, 5) is 11.1. The summed E-state index contributed by atoms with van der Waals surface area (Å²) in [6, 6.07) is -0.357. The maximum absolute atomic E-state index is 11.1. The summed E-state index contributed by atoms with van der Waals surface area (Å²) >= 11 is 0. The highest BCUT2D eigenvalue weighted by Crippen LogP contribution is 2.05. The largest absolute Gasteiger partial charge is 0.465 e. The van der Waals surface area contributed by atoms with Gasteiger partial charge in [-0.3, -0.25) is 4.79 Å². The molecular weight excluding hydrogens is 180 g/mol. The lowest BCUT2D eigenvalue weighted by molar-refractivity contribution is -0.145. The average molecular weight is 195 g/mol. The van der Waals surface area contributed by atoms with E-state index < -0.39 is 0 Å². The quantitative estimate of drug-likeness (QED) is 0.591. The Hall–Kier alpha value is -0.320. The summed E-state index contributed by atoms with van der Waals surface area (Å²) in [5, 5.41) is 2.99. The number of hydrogen-bond acceptors (Lipinski definition) is 4. The van der Waals surface area contributed by atoms with Gasteiger partial charge in [0.25, 0.3) is 0 Å². The maximum Gasteiger partial charge on any atom is 0.324 e. The zero-order chi connectivity index (χ0) is 8.27. The van der Waals surface area contributed by atoms with Gasteiger partial charge in [-0.05, 0) is 19.9 Å². The number of rotatable bonds is 2. The molecular formula is C7H15ClN2O2. The smallest absolute Gasteiger partial charge is 0.324 e. The topological polar surface area (TPSA) is 64.3 Å². The van der Waals surface area contributed by atoms with Crippen LogP contribution in [0.15, 0.2) is 0 Å². The number of esters is 1. The van der Waals surface area contributed by atoms with E-state index in [0.717, 1.165) is 13.0 Å². The fourth-order valence-corrected chi connectivity index (χ4v) is 1.21. The average Bonchev–Trinajstić information content (AvgIpc) is 2.36. The first-order valence-corrected chi connectivity index (χ1v) is 3.91. The standard InChI is InChI=1S/C7H14N2O2.ClH/c1-2-11-7(10)6-5(8)3-4-9-6;/h5-6,9H,2-4,8H2,1H3;1H/t5?,6-;/m0./s1. The minimum Gasteiger partial charge on any atom is -0.465 e. The molecule has 12 heavy (non-hydrogen) atoms. The molecule has 3 N–H and O–H groups in total. The summed E-state index contributed by atoms with van der Waals surface area (Å²) < 4.78 is 4.81. The Kier molecular flexibility index (Phi) is 5.20. The zero-order valence-electron chi connectivity index (χ0n) is 7.08. The Morgan fingerprint density at radius 3 is 2.83 bits per heavy atom. The number of halogens is 1. The number of nitrogens with two attached hydrogens (primary N) is 1. The maximum atomic E-state index is 11.1. The molecule has 1 aliphatic heterocycles. The van der Waals surface area contributed by atoms with Crippen LogP contribution in [0.2, 0.25) is 0 Å². The highest BCUT2D eigenvalue weighted by atomic mass is 35.5. The Bertz CT molecular complexity index is 154. The molecule has 1 rings (SSSR count). The van der Waals surface area contributed by atoms with E-state index in [2.05, 4.69) is 5.32 Å². The lowest BCUT2D eigenvalue weighted by Gasteiger charge is -2.12. The van der Waals surface area contributed by atoms with E-state index in [1.165, 1.54) is 0 Å². The SMILES string of the molecule is CCOC(=O)[C@H]1NCCC1N.Cl. The van der Waals surface area contributed by atoms with Crippen LogP contribution in [0.1, 0.15) is 13.3 Å². The Balaban J connectivity index is 0.00000121. The number of hydrogen-bond donors (Lipinski definition) is 2. The zero-order valence-corrected chi connectivity index (χ0v) is 7.89. The summed E-state index contributed by atoms with van der Waals surface area (Å²) in [6.45, 7) is 3.02. The Morgan fingerprint density at radius 2 is 2.42 bits per heavy atom. The van der Waals surface area contributed by atoms with Crippen molar-refractivity contribution in [3.8, 4) is 0 Å². The number of nitrogens with one attached hydrogen (secondary N) is 1. The minimum atomic E-state index is -0.282. The highest BCUT2D eigenvalue weighted by Gasteiger charge is 2.30. The number of carbonyl (C=O) groups excluding carboxylic acids is 1. The third-order valence-corrected chi connectivity index (χ3v) is 1.81. The summed E-state index contributed by atoms with van der Waals surface area (Å²) in [5.74, 6) is -0.225. The highest BCUT2D eigenvalue weighted by molar-refractivity contribution is 5.85. The van der Waals surface area contributed by atoms with Gasteiger partial charge in [-0.1, -0.05) is 0 Å². The van der Waals surface area contributed by atoms with Gasteiger partial charge in [0, 0.05) is 6.04 Å². The van der Waals surface area contributed by atoms with Crippen LogP contribution in [0.25, 0.3) is 0 Å². The van der Waals surface area contributed by atoms with Crippen molar-refractivity contribution < 1.29 is 9.53 Å². The van der Waals surface area contributed by atoms with Crippen molar-refractivity contribution in [2.75, 3.05) is 13.2 Å². The van der Waals surface area contributed by atoms with E-state index in [1.807, 2.05) is 0 Å². The van der Waals surface area contributed by atoms with Gasteiger partial charge in [0.1, 0.15) is 6.04 Å². The van der Waals surface area contributed by atoms with Crippen LogP contribution in [0.3, 0.4) is 0 Å². The number of carbonyl (C=O) groups is 1. The molecule has 2 atom stereocenters. The molecule has 4 nitrogen and oxygen atoms in total. The fraction of sp³-hybridized carbons (Fsp3) is 0.857. The molecule has 1 unspecified atom stereocenters. The van der Waals surface area contributed by atoms with Crippen LogP contribution in [0.5, 0.6) is 0 Å². The first kappa shape index (κ1) is 11.7. The van der Waals surface area contributed by atoms with Crippen molar-refractivity contribution in [2.45, 2.75) is 25.4 Å². The normalized spacial score (nSPS) is 27.8. The van der Waals surface area contributed by atoms with Crippen LogP contribution in [-0.2, 0) is 9.53 Å². The van der Waals surface area contributed by atoms with Crippen LogP contribution in [0.4, 0.5) is 0 Å². The predicted molar refractivity (Wildman–Crippen MR) is 48.3 cm³/mol. The molecule has 1 saturated heterocycles. The van der Waals surface area contributed by atoms with Crippen LogP contribution in [0, 0.1) is 0 Å². The Labute approximate surface area is 78.2 Å². The van der Waals surface area contributed by atoms with Crippen molar-refractivity contribution >= 4 is 18.4 Å². The van der Waals surface area contributed by atoms with Crippen molar-refractivity contribution in [1.29, 1.82) is 0 Å². The second-order valence-electron chi connectivity index (χ2n) is 2.64. The lowest BCUT2D eigenvalue weighted by atomic mass is 10.1. The van der Waals surface area contributed by atoms with Gasteiger partial charge >= 0.3 is 5.97 Å². The summed E-state index contributed by atoms with van der Waals surface area (Å²) in [7, 11) is 0. The van der Waals surface area contributed by atoms with Gasteiger partial charge in [-0.25, -0.2) is 0 Å². The molecule has 0 spiro atoms. The second-order valence-corrected chi connectivity index (χ2v) is 2.64. The molecule has 0 radical (unpaired) electrons. The van der Waals surface area contributed by atoms with E-state index in [1.54, 1.807) is 6.92 Å². The lowest BCUT2D eigenvalue weighted by Crippen LogP contribution is -2.43. The van der Waals surface area contributed by atoms with Gasteiger partial charge in [0.15, 0.2) is 0 Å². The van der Waals surface area contributed by atoms with Gasteiger partial charge in [-0.15, -0.1) is 12.4 Å². The van der Waals surface area contributed by atoms with Crippen molar-refractivity contribution in [2.24, 2.45) is 5.73 Å². The molecule has 1 heterocycles. The van der Waals surface area contributed by atoms with E-state index in [9.17, 15) is 4.79 Å². The predicted octanol–water partition coefficient (Wildman–Crippen LogP) is -0.340. The minimum absolute atomic E-state index is 0. The van der Waals surface area contributed by atoms with Crippen molar-refractivity contribution in [3.63, 3.8) is 0 Å². The van der Waals surface area contributed by atoms with E-state index >= 15 is 0 Å². The van der Waals surface area contributed by atoms with Crippen molar-refractivity contribution in [3.05, 3.63) is 0 Å². The summed E-state index contributed by atoms with van der Waals surface area (Å²) in [5.41, 5.74) is 5.65. The molecule has 0 bridgehead atoms. The van der Waals surface area contributed by atoms with Gasteiger partial charge in [0.05, 0.1) is 6.61 Å². The first-order valence-electron chi connectivity index (χ1n) is 3.91. The molecule has 0 aromatic carbocycles.